The second-order valence-corrected chi connectivity index (χ2v) is 4.43. The minimum atomic E-state index is -4.67. The number of methoxy groups -OCH3 is 1. The lowest BCUT2D eigenvalue weighted by molar-refractivity contribution is -0.158. The Morgan fingerprint density at radius 1 is 1.17 bits per heavy atom. The molecular formula is C7H12F3O7P. The quantitative estimate of drug-likeness (QED) is 0.404. The van der Waals surface area contributed by atoms with Gasteiger partial charge in [0, 0.05) is 7.11 Å². The van der Waals surface area contributed by atoms with E-state index in [1.54, 1.807) is 0 Å². The van der Waals surface area contributed by atoms with E-state index in [1.165, 1.54) is 0 Å². The van der Waals surface area contributed by atoms with Gasteiger partial charge in [0.15, 0.2) is 6.61 Å². The number of phosphoric acid groups is 1. The summed E-state index contributed by atoms with van der Waals surface area (Å²) in [6, 6.07) is 0. The first-order valence-corrected chi connectivity index (χ1v) is 5.91. The zero-order valence-corrected chi connectivity index (χ0v) is 10.5. The monoisotopic (exact) mass is 296 g/mol. The highest BCUT2D eigenvalue weighted by molar-refractivity contribution is 7.48. The molecule has 0 rings (SSSR count). The van der Waals surface area contributed by atoms with Gasteiger partial charge in [0.1, 0.15) is 6.61 Å². The summed E-state index contributed by atoms with van der Waals surface area (Å²) in [6.07, 6.45) is -5.68. The zero-order valence-electron chi connectivity index (χ0n) is 9.56. The summed E-state index contributed by atoms with van der Waals surface area (Å²) in [6.45, 7) is -2.64. The van der Waals surface area contributed by atoms with E-state index >= 15 is 0 Å². The SMILES string of the molecule is COC(=O)OCCOP(=O)(OC)OCC(F)(F)F. The van der Waals surface area contributed by atoms with Crippen molar-refractivity contribution in [3.63, 3.8) is 0 Å². The van der Waals surface area contributed by atoms with Gasteiger partial charge in [-0.2, -0.15) is 13.2 Å². The van der Waals surface area contributed by atoms with Crippen molar-refractivity contribution in [2.45, 2.75) is 6.18 Å². The summed E-state index contributed by atoms with van der Waals surface area (Å²) in [7, 11) is -2.39. The third-order valence-electron chi connectivity index (χ3n) is 1.33. The summed E-state index contributed by atoms with van der Waals surface area (Å²) in [4.78, 5) is 10.5. The lowest BCUT2D eigenvalue weighted by Gasteiger charge is -2.16. The highest BCUT2D eigenvalue weighted by Crippen LogP contribution is 2.49. The number of rotatable bonds is 7. The minimum Gasteiger partial charge on any atom is -0.438 e. The molecule has 18 heavy (non-hydrogen) atoms. The molecule has 0 saturated heterocycles. The van der Waals surface area contributed by atoms with Crippen LogP contribution in [0, 0.1) is 0 Å². The molecule has 0 spiro atoms. The normalized spacial score (nSPS) is 14.9. The van der Waals surface area contributed by atoms with Gasteiger partial charge in [-0.15, -0.1) is 0 Å². The first kappa shape index (κ1) is 17.2. The van der Waals surface area contributed by atoms with Crippen LogP contribution in [0.1, 0.15) is 0 Å². The Hall–Kier alpha value is -0.830. The van der Waals surface area contributed by atoms with Gasteiger partial charge in [0.05, 0.1) is 13.7 Å². The standard InChI is InChI=1S/C7H12F3O7P/c1-13-6(11)15-3-4-16-18(12,14-2)17-5-7(8,9)10/h3-5H2,1-2H3. The Kier molecular flexibility index (Phi) is 7.22. The van der Waals surface area contributed by atoms with E-state index in [2.05, 4.69) is 23.0 Å². The van der Waals surface area contributed by atoms with Crippen molar-refractivity contribution in [2.75, 3.05) is 34.0 Å². The van der Waals surface area contributed by atoms with E-state index in [1.807, 2.05) is 0 Å². The van der Waals surface area contributed by atoms with E-state index in [0.717, 1.165) is 14.2 Å². The van der Waals surface area contributed by atoms with Crippen molar-refractivity contribution in [2.24, 2.45) is 0 Å². The number of hydrogen-bond acceptors (Lipinski definition) is 7. The second-order valence-electron chi connectivity index (χ2n) is 2.65. The van der Waals surface area contributed by atoms with E-state index < -0.39 is 33.4 Å². The summed E-state index contributed by atoms with van der Waals surface area (Å²) in [5, 5.41) is 0. The van der Waals surface area contributed by atoms with E-state index in [-0.39, 0.29) is 6.61 Å². The molecule has 108 valence electrons. The highest BCUT2D eigenvalue weighted by Gasteiger charge is 2.35. The molecule has 0 aliphatic heterocycles. The summed E-state index contributed by atoms with van der Waals surface area (Å²) in [5.41, 5.74) is 0. The molecule has 0 fully saturated rings. The van der Waals surface area contributed by atoms with Crippen LogP contribution in [0.25, 0.3) is 0 Å². The Morgan fingerprint density at radius 2 is 1.78 bits per heavy atom. The van der Waals surface area contributed by atoms with Gasteiger partial charge in [0.25, 0.3) is 0 Å². The highest BCUT2D eigenvalue weighted by atomic mass is 31.2. The van der Waals surface area contributed by atoms with Crippen LogP contribution in [0.15, 0.2) is 0 Å². The molecule has 1 unspecified atom stereocenters. The van der Waals surface area contributed by atoms with Gasteiger partial charge in [-0.25, -0.2) is 9.36 Å². The molecule has 0 heterocycles. The molecule has 11 heteroatoms. The van der Waals surface area contributed by atoms with Gasteiger partial charge in [-0.05, 0) is 0 Å². The van der Waals surface area contributed by atoms with Crippen LogP contribution in [0.3, 0.4) is 0 Å². The molecule has 0 aliphatic carbocycles. The predicted molar refractivity (Wildman–Crippen MR) is 50.9 cm³/mol. The number of hydrogen-bond donors (Lipinski definition) is 0. The lowest BCUT2D eigenvalue weighted by atomic mass is 10.7. The Morgan fingerprint density at radius 3 is 2.22 bits per heavy atom. The molecule has 0 radical (unpaired) electrons. The maximum atomic E-state index is 11.8. The Bertz CT molecular complexity index is 306. The Labute approximate surface area is 101 Å². The van der Waals surface area contributed by atoms with Crippen LogP contribution in [0.4, 0.5) is 18.0 Å². The van der Waals surface area contributed by atoms with Crippen LogP contribution in [-0.4, -0.2) is 46.4 Å². The molecular weight excluding hydrogens is 284 g/mol. The average Bonchev–Trinajstić information content (AvgIpc) is 2.31. The molecule has 0 N–H and O–H groups in total. The van der Waals surface area contributed by atoms with Crippen molar-refractivity contribution < 1.29 is 45.6 Å². The minimum absolute atomic E-state index is 0.380. The number of halogens is 3. The second kappa shape index (κ2) is 7.57. The van der Waals surface area contributed by atoms with Gasteiger partial charge in [-0.1, -0.05) is 0 Å². The van der Waals surface area contributed by atoms with Crippen LogP contribution < -0.4 is 0 Å². The number of phosphoric ester groups is 1. The van der Waals surface area contributed by atoms with Gasteiger partial charge in [-0.3, -0.25) is 13.6 Å². The average molecular weight is 296 g/mol. The van der Waals surface area contributed by atoms with Crippen LogP contribution in [-0.2, 0) is 27.6 Å². The smallest absolute Gasteiger partial charge is 0.438 e. The number of carbonyl (C=O) groups is 1. The molecule has 0 saturated carbocycles. The molecule has 0 amide bonds. The largest absolute Gasteiger partial charge is 0.508 e. The summed E-state index contributed by atoms with van der Waals surface area (Å²) >= 11 is 0. The van der Waals surface area contributed by atoms with E-state index in [9.17, 15) is 22.5 Å². The lowest BCUT2D eigenvalue weighted by Crippen LogP contribution is -2.17. The van der Waals surface area contributed by atoms with Crippen molar-refractivity contribution in [3.8, 4) is 0 Å². The topological polar surface area (TPSA) is 80.3 Å². The molecule has 1 atom stereocenters. The van der Waals surface area contributed by atoms with Crippen LogP contribution in [0.5, 0.6) is 0 Å². The predicted octanol–water partition coefficient (Wildman–Crippen LogP) is 2.12. The maximum absolute atomic E-state index is 11.8. The van der Waals surface area contributed by atoms with E-state index in [0.29, 0.717) is 0 Å². The van der Waals surface area contributed by atoms with Crippen LogP contribution >= 0.6 is 7.82 Å². The van der Waals surface area contributed by atoms with Crippen LogP contribution in [0.2, 0.25) is 0 Å². The van der Waals surface area contributed by atoms with E-state index in [4.69, 9.17) is 0 Å². The third kappa shape index (κ3) is 8.29. The van der Waals surface area contributed by atoms with Gasteiger partial charge >= 0.3 is 20.2 Å². The maximum Gasteiger partial charge on any atom is 0.508 e. The molecule has 0 aliphatic rings. The van der Waals surface area contributed by atoms with Crippen molar-refractivity contribution >= 4 is 14.0 Å². The molecule has 0 aromatic carbocycles. The van der Waals surface area contributed by atoms with Crippen molar-refractivity contribution in [1.29, 1.82) is 0 Å². The molecule has 0 aromatic heterocycles. The zero-order chi connectivity index (χ0) is 14.2. The van der Waals surface area contributed by atoms with Gasteiger partial charge < -0.3 is 9.47 Å². The van der Waals surface area contributed by atoms with Crippen molar-refractivity contribution in [1.82, 2.24) is 0 Å². The molecule has 0 aromatic rings. The number of carbonyl (C=O) groups excluding carboxylic acids is 1. The summed E-state index contributed by atoms with van der Waals surface area (Å²) in [5.74, 6) is 0. The number of alkyl halides is 3. The number of ether oxygens (including phenoxy) is 2. The third-order valence-corrected chi connectivity index (χ3v) is 2.72. The fourth-order valence-electron chi connectivity index (χ4n) is 0.628. The fourth-order valence-corrected chi connectivity index (χ4v) is 1.52. The summed E-state index contributed by atoms with van der Waals surface area (Å²) < 4.78 is 67.9. The first-order valence-electron chi connectivity index (χ1n) is 4.45. The first-order chi connectivity index (χ1) is 8.22. The Balaban J connectivity index is 4.01. The van der Waals surface area contributed by atoms with Gasteiger partial charge in [0.2, 0.25) is 0 Å². The molecule has 0 bridgehead atoms. The fraction of sp³-hybridized carbons (Fsp3) is 0.857. The van der Waals surface area contributed by atoms with Crippen molar-refractivity contribution in [3.05, 3.63) is 0 Å². The molecule has 7 nitrogen and oxygen atoms in total.